The first-order valence-corrected chi connectivity index (χ1v) is 45.3. The van der Waals surface area contributed by atoms with Gasteiger partial charge in [-0.05, 0) is 174 Å². The number of nitrogens with zero attached hydrogens (tertiary/aromatic N) is 15. The molecule has 0 aliphatic carbocycles. The molecule has 25 rings (SSSR count). The Morgan fingerprint density at radius 2 is 0.511 bits per heavy atom. The zero-order valence-corrected chi connectivity index (χ0v) is 75.0. The fourth-order valence-corrected chi connectivity index (χ4v) is 18.0. The van der Waals surface area contributed by atoms with E-state index in [-0.39, 0.29) is 7.43 Å². The van der Waals surface area contributed by atoms with Gasteiger partial charge < -0.3 is 13.7 Å². The van der Waals surface area contributed by atoms with E-state index in [9.17, 15) is 0 Å². The van der Waals surface area contributed by atoms with E-state index in [1.807, 2.05) is 67.1 Å². The lowest BCUT2D eigenvalue weighted by Gasteiger charge is -2.12. The fourth-order valence-electron chi connectivity index (χ4n) is 18.0. The lowest BCUT2D eigenvalue weighted by Crippen LogP contribution is -2.05. The molecule has 652 valence electrons. The Hall–Kier alpha value is -17.3. The van der Waals surface area contributed by atoms with Crippen LogP contribution in [0.4, 0.5) is 0 Å². The topological polar surface area (TPSA) is 154 Å². The van der Waals surface area contributed by atoms with E-state index >= 15 is 0 Å². The van der Waals surface area contributed by atoms with Crippen molar-refractivity contribution in [2.75, 3.05) is 0 Å². The van der Waals surface area contributed by atoms with Crippen molar-refractivity contribution < 1.29 is 0 Å². The zero-order valence-electron chi connectivity index (χ0n) is 75.0. The van der Waals surface area contributed by atoms with Crippen LogP contribution in [0.1, 0.15) is 51.9 Å². The van der Waals surface area contributed by atoms with Crippen LogP contribution in [0.3, 0.4) is 0 Å². The number of imidazole rings is 5. The lowest BCUT2D eigenvalue weighted by molar-refractivity contribution is 0.720. The second-order valence-electron chi connectivity index (χ2n) is 33.9. The quantitative estimate of drug-likeness (QED) is 0.103. The monoisotopic (exact) mass is 1750 g/mol. The van der Waals surface area contributed by atoms with Crippen molar-refractivity contribution in [1.82, 2.24) is 72.7 Å². The number of benzene rings is 15. The van der Waals surface area contributed by atoms with E-state index in [0.717, 1.165) is 150 Å². The molecule has 25 aromatic rings. The van der Waals surface area contributed by atoms with Gasteiger partial charge in [0, 0.05) is 76.1 Å². The minimum absolute atomic E-state index is 0. The van der Waals surface area contributed by atoms with Gasteiger partial charge in [-0.2, -0.15) is 0 Å². The zero-order chi connectivity index (χ0) is 90.4. The van der Waals surface area contributed by atoms with Gasteiger partial charge in [-0.15, -0.1) is 0 Å². The summed E-state index contributed by atoms with van der Waals surface area (Å²) in [5.41, 5.74) is 27.0. The Morgan fingerprint density at radius 1 is 0.215 bits per heavy atom. The molecule has 15 heteroatoms. The molecule has 0 bridgehead atoms. The summed E-state index contributed by atoms with van der Waals surface area (Å²) in [7, 11) is 0. The van der Waals surface area contributed by atoms with E-state index in [1.165, 1.54) is 98.4 Å². The highest BCUT2D eigenvalue weighted by molar-refractivity contribution is 5.96. The highest BCUT2D eigenvalue weighted by Gasteiger charge is 2.23. The molecule has 0 amide bonds. The molecule has 0 aliphatic heterocycles. The summed E-state index contributed by atoms with van der Waals surface area (Å²) in [4.78, 5) is 47.2. The van der Waals surface area contributed by atoms with Crippen molar-refractivity contribution in [3.05, 3.63) is 470 Å². The second kappa shape index (κ2) is 38.4. The number of aryl methyl sites for hydroxylation is 7. The summed E-state index contributed by atoms with van der Waals surface area (Å²) in [6.45, 7) is 12.8. The number of rotatable bonds is 14. The predicted octanol–water partition coefficient (Wildman–Crippen LogP) is 28.8. The molecule has 15 aromatic carbocycles. The number of hydrogen-bond acceptors (Lipinski definition) is 10. The van der Waals surface area contributed by atoms with Crippen LogP contribution >= 0.6 is 0 Å². The normalized spacial score (nSPS) is 11.2. The summed E-state index contributed by atoms with van der Waals surface area (Å²) in [5.74, 6) is 4.72. The van der Waals surface area contributed by atoms with Crippen LogP contribution in [0.5, 0.6) is 0 Å². The molecule has 0 radical (unpaired) electrons. The second-order valence-corrected chi connectivity index (χ2v) is 33.9. The first-order chi connectivity index (χ1) is 66.0. The van der Waals surface area contributed by atoms with Gasteiger partial charge in [0.15, 0.2) is 28.2 Å². The van der Waals surface area contributed by atoms with Crippen LogP contribution in [-0.2, 0) is 26.1 Å². The lowest BCUT2D eigenvalue weighted by atomic mass is 10.0. The van der Waals surface area contributed by atoms with Gasteiger partial charge in [-0.25, -0.2) is 49.8 Å². The van der Waals surface area contributed by atoms with Crippen LogP contribution in [0.25, 0.3) is 178 Å². The van der Waals surface area contributed by atoms with Crippen molar-refractivity contribution in [2.45, 2.75) is 68.1 Å². The van der Waals surface area contributed by atoms with Gasteiger partial charge in [0.25, 0.3) is 0 Å². The SMILES string of the molecule is C.Cc1ccc(-c2nc3cccnc3n2-c2cccc3ccccc23)cc1.Cc1ccc(-c2nc3cccnc3n2CCc2cccc3ccccc23)cc1.Cc1ccc(-c2nc3cccnc3n2Cc2cccc3ccccc23)cc1.Cc1ccc(-c2nc3ncccc3n2-c2cccc3ccccc23)cc1.Cc1ccc(-c2nc3ncccc3n2Cc2cccc3ccccc23)cc1. The minimum Gasteiger partial charge on any atom is -0.318 e. The maximum Gasteiger partial charge on any atom is 0.178 e. The molecule has 0 unspecified atom stereocenters. The molecule has 0 saturated heterocycles. The van der Waals surface area contributed by atoms with Gasteiger partial charge in [-0.3, -0.25) is 9.13 Å². The average Bonchev–Trinajstić information content (AvgIpc) is 1.68. The van der Waals surface area contributed by atoms with Crippen molar-refractivity contribution in [3.63, 3.8) is 0 Å². The van der Waals surface area contributed by atoms with E-state index in [0.29, 0.717) is 0 Å². The maximum atomic E-state index is 4.90. The van der Waals surface area contributed by atoms with E-state index in [2.05, 4.69) is 428 Å². The van der Waals surface area contributed by atoms with Gasteiger partial charge in [0.05, 0.1) is 35.5 Å². The van der Waals surface area contributed by atoms with Crippen molar-refractivity contribution in [3.8, 4) is 68.3 Å². The Labute approximate surface area is 783 Å². The Bertz CT molecular complexity index is 8130. The molecule has 10 aromatic heterocycles. The molecular weight excluding hydrogens is 1650 g/mol. The van der Waals surface area contributed by atoms with Gasteiger partial charge >= 0.3 is 0 Å². The molecule has 0 atom stereocenters. The molecular formula is C120H97N15. The van der Waals surface area contributed by atoms with Crippen molar-refractivity contribution >= 4 is 110 Å². The molecule has 0 saturated carbocycles. The van der Waals surface area contributed by atoms with Gasteiger partial charge in [0.2, 0.25) is 0 Å². The minimum atomic E-state index is 0. The molecule has 15 nitrogen and oxygen atoms in total. The van der Waals surface area contributed by atoms with Crippen LogP contribution in [0.2, 0.25) is 0 Å². The molecule has 0 N–H and O–H groups in total. The Kier molecular flexibility index (Phi) is 24.4. The largest absolute Gasteiger partial charge is 0.318 e. The third-order valence-electron chi connectivity index (χ3n) is 24.8. The number of aromatic nitrogens is 15. The molecule has 10 heterocycles. The van der Waals surface area contributed by atoms with Crippen LogP contribution in [-0.4, -0.2) is 72.7 Å². The molecule has 135 heavy (non-hydrogen) atoms. The number of hydrogen-bond donors (Lipinski definition) is 0. The van der Waals surface area contributed by atoms with E-state index < -0.39 is 0 Å². The van der Waals surface area contributed by atoms with Gasteiger partial charge in [0.1, 0.15) is 45.7 Å². The van der Waals surface area contributed by atoms with Crippen LogP contribution < -0.4 is 0 Å². The molecule has 0 aliphatic rings. The highest BCUT2D eigenvalue weighted by Crippen LogP contribution is 2.37. The van der Waals surface area contributed by atoms with Crippen molar-refractivity contribution in [1.29, 1.82) is 0 Å². The highest BCUT2D eigenvalue weighted by atomic mass is 15.2. The standard InChI is InChI=1S/C25H21N3.2C24H19N3.2C23H17N3.CH4/c1-18-11-13-21(14-12-18)24-27-23-10-5-16-26-25(23)28(24)17-15-20-8-4-7-19-6-2-3-9-22(19)20;1-17-11-13-19(14-12-17)24-26-23-22(10-5-15-25-23)27(24)16-20-8-4-7-18-6-2-3-9-21(18)20;1-17-11-13-19(14-12-17)23-26-22-10-5-15-25-24(22)27(23)16-20-8-4-7-18-6-2-3-9-21(18)20;1-16-11-13-18(14-12-16)22-25-20-9-5-15-24-23(20)26(22)21-10-4-7-17-6-2-3-8-19(17)21;1-16-11-13-18(14-12-16)23-25-22-21(10-5-15-24-22)26(23)20-9-4-7-17-6-2-3-8-19(17)20;/h2-14,16H,15,17H2,1H3;2*2-15H,16H2,1H3;2*2-15H,1H3;1H4. The first-order valence-electron chi connectivity index (χ1n) is 45.3. The van der Waals surface area contributed by atoms with Crippen molar-refractivity contribution in [2.24, 2.45) is 0 Å². The summed E-state index contributed by atoms with van der Waals surface area (Å²) >= 11 is 0. The van der Waals surface area contributed by atoms with Crippen LogP contribution in [0.15, 0.2) is 425 Å². The van der Waals surface area contributed by atoms with Gasteiger partial charge in [-0.1, -0.05) is 357 Å². The molecule has 0 spiro atoms. The third-order valence-corrected chi connectivity index (χ3v) is 24.8. The number of pyridine rings is 5. The smallest absolute Gasteiger partial charge is 0.178 e. The number of fused-ring (bicyclic) bond motifs is 10. The summed E-state index contributed by atoms with van der Waals surface area (Å²) in [6.07, 6.45) is 10.0. The van der Waals surface area contributed by atoms with E-state index in [1.54, 1.807) is 12.4 Å². The summed E-state index contributed by atoms with van der Waals surface area (Å²) < 4.78 is 11.1. The fraction of sp³-hybridized carbons (Fsp3) is 0.0833. The Morgan fingerprint density at radius 3 is 0.970 bits per heavy atom. The van der Waals surface area contributed by atoms with Crippen LogP contribution in [0, 0.1) is 34.6 Å². The first kappa shape index (κ1) is 85.8. The maximum absolute atomic E-state index is 4.90. The van der Waals surface area contributed by atoms with E-state index in [4.69, 9.17) is 24.9 Å². The Balaban J connectivity index is 0.000000104. The molecule has 0 fully saturated rings. The average molecular weight is 1750 g/mol. The summed E-state index contributed by atoms with van der Waals surface area (Å²) in [5, 5.41) is 12.5. The predicted molar refractivity (Wildman–Crippen MR) is 557 cm³/mol. The third kappa shape index (κ3) is 17.8. The summed E-state index contributed by atoms with van der Waals surface area (Å²) in [6, 6.07) is 137.